The number of hydrogen-bond donors (Lipinski definition) is 0. The van der Waals surface area contributed by atoms with Gasteiger partial charge in [0.15, 0.2) is 0 Å². The highest BCUT2D eigenvalue weighted by Crippen LogP contribution is 2.64. The molecule has 0 bridgehead atoms. The molecule has 0 aliphatic heterocycles. The van der Waals surface area contributed by atoms with Gasteiger partial charge in [0, 0.05) is 53.6 Å². The molecular weight excluding hydrogens is 763 g/mol. The third-order valence-corrected chi connectivity index (χ3v) is 15.0. The lowest BCUT2D eigenvalue weighted by atomic mass is 9.53. The van der Waals surface area contributed by atoms with Crippen molar-refractivity contribution in [3.63, 3.8) is 0 Å². The molecule has 0 aromatic heterocycles. The fourth-order valence-corrected chi connectivity index (χ4v) is 12.4. The highest BCUT2D eigenvalue weighted by Gasteiger charge is 2.50. The van der Waals surface area contributed by atoms with Gasteiger partial charge in [0.2, 0.25) is 0 Å². The van der Waals surface area contributed by atoms with Gasteiger partial charge in [-0.05, 0) is 138 Å². The normalized spacial score (nSPS) is 23.8. The molecule has 3 aromatic carbocycles. The second-order valence-corrected chi connectivity index (χ2v) is 23.2. The van der Waals surface area contributed by atoms with Gasteiger partial charge in [-0.25, -0.2) is 0 Å². The van der Waals surface area contributed by atoms with Crippen LogP contribution in [0.4, 0.5) is 11.4 Å². The summed E-state index contributed by atoms with van der Waals surface area (Å²) in [7, 11) is 0. The van der Waals surface area contributed by atoms with Gasteiger partial charge in [-0.2, -0.15) is 0 Å². The average molecular weight is 824 g/mol. The van der Waals surface area contributed by atoms with Gasteiger partial charge < -0.3 is 4.90 Å². The van der Waals surface area contributed by atoms with Gasteiger partial charge in [0.05, 0.1) is 0 Å². The molecule has 3 heteroatoms. The van der Waals surface area contributed by atoms with E-state index in [2.05, 4.69) is 199 Å². The van der Waals surface area contributed by atoms with Crippen molar-refractivity contribution in [3.05, 3.63) is 201 Å². The molecule has 3 atom stereocenters. The predicted molar refractivity (Wildman–Crippen MR) is 263 cm³/mol. The van der Waals surface area contributed by atoms with Crippen molar-refractivity contribution in [1.29, 1.82) is 0 Å². The van der Waals surface area contributed by atoms with Crippen LogP contribution in [0.15, 0.2) is 195 Å². The molecule has 0 radical (unpaired) electrons. The third-order valence-electron chi connectivity index (χ3n) is 12.8. The fourth-order valence-electron chi connectivity index (χ4n) is 10.4. The topological polar surface area (TPSA) is 3.24 Å². The zero-order chi connectivity index (χ0) is 41.6. The van der Waals surface area contributed by atoms with E-state index < -0.39 is 0 Å². The highest BCUT2D eigenvalue weighted by molar-refractivity contribution is 8.04. The molecule has 0 saturated heterocycles. The molecule has 6 aliphatic rings. The molecule has 3 unspecified atom stereocenters. The first kappa shape index (κ1) is 40.9. The Morgan fingerprint density at radius 2 is 1.43 bits per heavy atom. The first-order valence-electron chi connectivity index (χ1n) is 22.3. The van der Waals surface area contributed by atoms with E-state index in [4.69, 9.17) is 0 Å². The van der Waals surface area contributed by atoms with Gasteiger partial charge in [-0.15, -0.1) is 23.5 Å². The maximum atomic E-state index is 2.65. The first-order chi connectivity index (χ1) is 28.9. The summed E-state index contributed by atoms with van der Waals surface area (Å²) < 4.78 is 0.244. The van der Waals surface area contributed by atoms with Crippen LogP contribution in [-0.4, -0.2) is 9.49 Å². The van der Waals surface area contributed by atoms with E-state index in [1.165, 1.54) is 60.3 Å². The van der Waals surface area contributed by atoms with Crippen LogP contribution in [0.5, 0.6) is 0 Å². The summed E-state index contributed by atoms with van der Waals surface area (Å²) in [4.78, 5) is 5.21. The molecule has 0 spiro atoms. The van der Waals surface area contributed by atoms with E-state index in [0.29, 0.717) is 5.92 Å². The highest BCUT2D eigenvalue weighted by atomic mass is 32.2. The van der Waals surface area contributed by atoms with E-state index in [1.807, 2.05) is 23.5 Å². The number of benzene rings is 3. The lowest BCUT2D eigenvalue weighted by molar-refractivity contribution is 0.441. The van der Waals surface area contributed by atoms with E-state index in [1.54, 1.807) is 16.7 Å². The van der Waals surface area contributed by atoms with Gasteiger partial charge in [0.1, 0.15) is 0 Å². The molecule has 0 fully saturated rings. The Bertz CT molecular complexity index is 2440. The minimum atomic E-state index is -0.219. The van der Waals surface area contributed by atoms with Crippen LogP contribution in [0.3, 0.4) is 0 Å². The second kappa shape index (κ2) is 16.4. The lowest BCUT2D eigenvalue weighted by Gasteiger charge is -2.50. The summed E-state index contributed by atoms with van der Waals surface area (Å²) in [5.74, 6) is 0.534. The third kappa shape index (κ3) is 8.17. The summed E-state index contributed by atoms with van der Waals surface area (Å²) in [6.07, 6.45) is 34.7. The summed E-state index contributed by atoms with van der Waals surface area (Å²) in [6, 6.07) is 29.3. The largest absolute Gasteiger partial charge is 0.314 e. The number of nitrogens with zero attached hydrogens (tertiary/aromatic N) is 1. The van der Waals surface area contributed by atoms with Crippen molar-refractivity contribution in [2.24, 2.45) is 11.3 Å². The molecule has 1 nitrogen and oxygen atoms in total. The molecule has 9 rings (SSSR count). The molecule has 60 heavy (non-hydrogen) atoms. The van der Waals surface area contributed by atoms with E-state index in [-0.39, 0.29) is 20.8 Å². The number of allylic oxidation sites excluding steroid dienone is 19. The monoisotopic (exact) mass is 823 g/mol. The zero-order valence-corrected chi connectivity index (χ0v) is 38.4. The Labute approximate surface area is 369 Å². The first-order valence-corrected chi connectivity index (χ1v) is 23.9. The molecule has 6 aliphatic carbocycles. The smallest absolute Gasteiger partial charge is 0.0458 e. The summed E-state index contributed by atoms with van der Waals surface area (Å²) in [5, 5.41) is 0. The SMILES string of the molecule is CC(C)(C)SC1=CC2c3cc(SC(C)(C)C)ccc3C3=C(C4=CC=C(N(c5ccccc5)c5ccccc5)CC4)CC(C4=CCCC=C4)C(C4=CC=CCC4)=C3C2(C)C=C1. The molecule has 0 amide bonds. The maximum Gasteiger partial charge on any atom is 0.0458 e. The number of rotatable bonds is 8. The molecule has 0 N–H and O–H groups in total. The van der Waals surface area contributed by atoms with Crippen molar-refractivity contribution >= 4 is 40.5 Å². The second-order valence-electron chi connectivity index (χ2n) is 19.4. The van der Waals surface area contributed by atoms with E-state index in [9.17, 15) is 0 Å². The van der Waals surface area contributed by atoms with Crippen molar-refractivity contribution in [2.45, 2.75) is 114 Å². The van der Waals surface area contributed by atoms with Crippen LogP contribution in [0.1, 0.15) is 110 Å². The number of fused-ring (bicyclic) bond motifs is 6. The van der Waals surface area contributed by atoms with E-state index >= 15 is 0 Å². The molecular formula is C57H61NS2. The zero-order valence-electron chi connectivity index (χ0n) is 36.7. The summed E-state index contributed by atoms with van der Waals surface area (Å²) in [6.45, 7) is 16.6. The van der Waals surface area contributed by atoms with Crippen LogP contribution < -0.4 is 4.90 Å². The number of thioether (sulfide) groups is 2. The molecule has 0 heterocycles. The average Bonchev–Trinajstić information content (AvgIpc) is 3.24. The maximum absolute atomic E-state index is 2.65. The van der Waals surface area contributed by atoms with Crippen LogP contribution in [0.25, 0.3) is 5.57 Å². The Balaban J connectivity index is 1.30. The lowest BCUT2D eigenvalue weighted by Crippen LogP contribution is -2.37. The van der Waals surface area contributed by atoms with E-state index in [0.717, 1.165) is 44.9 Å². The minimum Gasteiger partial charge on any atom is -0.314 e. The van der Waals surface area contributed by atoms with Gasteiger partial charge in [-0.3, -0.25) is 0 Å². The summed E-state index contributed by atoms with van der Waals surface area (Å²) in [5.41, 5.74) is 17.2. The Morgan fingerprint density at radius 1 is 0.700 bits per heavy atom. The fraction of sp³-hybridized carbons (Fsp3) is 0.333. The van der Waals surface area contributed by atoms with Gasteiger partial charge in [-0.1, -0.05) is 152 Å². The summed E-state index contributed by atoms with van der Waals surface area (Å²) >= 11 is 4.00. The van der Waals surface area contributed by atoms with Crippen molar-refractivity contribution in [3.8, 4) is 0 Å². The Hall–Kier alpha value is -4.44. The quantitative estimate of drug-likeness (QED) is 0.208. The predicted octanol–water partition coefficient (Wildman–Crippen LogP) is 16.7. The standard InChI is InChI=1S/C57H61NS2/c1-55(2,3)59-45-32-33-47-50(36-45)51-37-46(60-56(4,5)6)34-35-57(51,7)54-52(41-22-14-9-15-23-41)48(39-20-12-8-13-21-39)38-49(53(47)54)40-28-30-44(31-29-40)58(42-24-16-10-17-25-42)43-26-18-11-19-27-43/h9-12,14,16-22,24-28,30,32-37,48,51H,8,13,15,23,29,31,38H2,1-7H3. The molecule has 306 valence electrons. The Kier molecular flexibility index (Phi) is 11.2. The number of anilines is 2. The van der Waals surface area contributed by atoms with Crippen molar-refractivity contribution < 1.29 is 0 Å². The van der Waals surface area contributed by atoms with Gasteiger partial charge >= 0.3 is 0 Å². The Morgan fingerprint density at radius 3 is 2.05 bits per heavy atom. The van der Waals surface area contributed by atoms with Crippen LogP contribution in [0.2, 0.25) is 0 Å². The molecule has 0 saturated carbocycles. The van der Waals surface area contributed by atoms with Crippen LogP contribution in [-0.2, 0) is 0 Å². The van der Waals surface area contributed by atoms with Crippen LogP contribution in [0, 0.1) is 11.3 Å². The minimum absolute atomic E-state index is 0.120. The molecule has 3 aromatic rings. The van der Waals surface area contributed by atoms with Crippen molar-refractivity contribution in [1.82, 2.24) is 0 Å². The number of hydrogen-bond acceptors (Lipinski definition) is 3. The number of para-hydroxylation sites is 2. The van der Waals surface area contributed by atoms with Crippen LogP contribution >= 0.6 is 23.5 Å². The van der Waals surface area contributed by atoms with Crippen molar-refractivity contribution in [2.75, 3.05) is 4.90 Å². The van der Waals surface area contributed by atoms with Gasteiger partial charge in [0.25, 0.3) is 0 Å².